The van der Waals surface area contributed by atoms with Gasteiger partial charge in [0.2, 0.25) is 5.90 Å². The second kappa shape index (κ2) is 8.43. The van der Waals surface area contributed by atoms with E-state index in [2.05, 4.69) is 30.2 Å². The van der Waals surface area contributed by atoms with Gasteiger partial charge in [0.25, 0.3) is 0 Å². The lowest BCUT2D eigenvalue weighted by molar-refractivity contribution is 0.492. The normalized spacial score (nSPS) is 13.8. The van der Waals surface area contributed by atoms with E-state index in [4.69, 9.17) is 20.5 Å². The monoisotopic (exact) mass is 519 g/mol. The van der Waals surface area contributed by atoms with Gasteiger partial charge in [0.05, 0.1) is 5.52 Å². The van der Waals surface area contributed by atoms with Crippen molar-refractivity contribution in [1.29, 1.82) is 10.8 Å². The van der Waals surface area contributed by atoms with E-state index in [1.54, 1.807) is 9.12 Å². The molecular formula is C21H22IN5OS. The number of halogens is 1. The summed E-state index contributed by atoms with van der Waals surface area (Å²) < 4.78 is 7.53. The van der Waals surface area contributed by atoms with Gasteiger partial charge in [-0.3, -0.25) is 14.8 Å². The van der Waals surface area contributed by atoms with Gasteiger partial charge in [0.1, 0.15) is 0 Å². The summed E-state index contributed by atoms with van der Waals surface area (Å²) in [6.45, 7) is 4.06. The SMILES string of the molecule is CC(C)CC(=N)OC(=N)c1ccc2c(c1)c(-c1nccc(C3CC3)n1)cn2SI. The highest BCUT2D eigenvalue weighted by molar-refractivity contribution is 14.2. The second-order valence-electron chi connectivity index (χ2n) is 7.70. The summed E-state index contributed by atoms with van der Waals surface area (Å²) in [6, 6.07) is 7.78. The number of hydrogen-bond acceptors (Lipinski definition) is 6. The highest BCUT2D eigenvalue weighted by atomic mass is 127. The van der Waals surface area contributed by atoms with E-state index in [-0.39, 0.29) is 11.8 Å². The first-order valence-corrected chi connectivity index (χ1v) is 12.9. The smallest absolute Gasteiger partial charge is 0.220 e. The van der Waals surface area contributed by atoms with Gasteiger partial charge < -0.3 is 4.74 Å². The quantitative estimate of drug-likeness (QED) is 0.231. The topological polar surface area (TPSA) is 87.6 Å². The van der Waals surface area contributed by atoms with E-state index in [1.165, 1.54) is 12.8 Å². The first-order valence-electron chi connectivity index (χ1n) is 9.58. The Hall–Kier alpha value is -1.94. The van der Waals surface area contributed by atoms with E-state index >= 15 is 0 Å². The summed E-state index contributed by atoms with van der Waals surface area (Å²) in [7, 11) is 1.58. The van der Waals surface area contributed by atoms with Crippen LogP contribution in [0.2, 0.25) is 0 Å². The number of nitrogens with zero attached hydrogens (tertiary/aromatic N) is 3. The molecule has 3 aromatic rings. The molecule has 0 radical (unpaired) electrons. The molecule has 0 saturated heterocycles. The van der Waals surface area contributed by atoms with Crippen molar-refractivity contribution >= 4 is 53.0 Å². The highest BCUT2D eigenvalue weighted by Crippen LogP contribution is 2.40. The standard InChI is InChI=1S/C21H22IN5OS/c1-12(2)9-19(23)28-20(24)14-5-6-18-15(10-14)16(11-27(18)29-22)21-25-8-7-17(26-21)13-3-4-13/h5-8,10-13,23-24H,3-4,9H2,1-2H3. The summed E-state index contributed by atoms with van der Waals surface area (Å²) in [6.07, 6.45) is 6.78. The van der Waals surface area contributed by atoms with Gasteiger partial charge in [-0.1, -0.05) is 13.8 Å². The minimum Gasteiger partial charge on any atom is -0.425 e. The van der Waals surface area contributed by atoms with Crippen LogP contribution in [-0.2, 0) is 4.74 Å². The van der Waals surface area contributed by atoms with E-state index in [0.29, 0.717) is 29.6 Å². The van der Waals surface area contributed by atoms with Crippen LogP contribution in [0.5, 0.6) is 0 Å². The molecule has 0 aliphatic heterocycles. The lowest BCUT2D eigenvalue weighted by Gasteiger charge is -2.10. The van der Waals surface area contributed by atoms with Crippen molar-refractivity contribution in [3.05, 3.63) is 47.9 Å². The molecule has 2 N–H and O–H groups in total. The number of ether oxygens (including phenoxy) is 1. The van der Waals surface area contributed by atoms with Crippen LogP contribution in [0.15, 0.2) is 36.7 Å². The van der Waals surface area contributed by atoms with E-state index in [9.17, 15) is 0 Å². The molecule has 6 nitrogen and oxygen atoms in total. The minimum absolute atomic E-state index is 0.00831. The predicted molar refractivity (Wildman–Crippen MR) is 127 cm³/mol. The maximum absolute atomic E-state index is 8.30. The van der Waals surface area contributed by atoms with Crippen LogP contribution in [-0.4, -0.2) is 25.7 Å². The average molecular weight is 519 g/mol. The number of benzene rings is 1. The third-order valence-electron chi connectivity index (χ3n) is 4.84. The van der Waals surface area contributed by atoms with Gasteiger partial charge >= 0.3 is 0 Å². The zero-order chi connectivity index (χ0) is 20.5. The summed E-state index contributed by atoms with van der Waals surface area (Å²) in [4.78, 5) is 9.32. The van der Waals surface area contributed by atoms with Crippen molar-refractivity contribution in [2.45, 2.75) is 39.0 Å². The van der Waals surface area contributed by atoms with Crippen LogP contribution in [0.4, 0.5) is 0 Å². The number of fused-ring (bicyclic) bond motifs is 1. The Morgan fingerprint density at radius 2 is 2.10 bits per heavy atom. The van der Waals surface area contributed by atoms with E-state index < -0.39 is 0 Å². The molecule has 1 aliphatic rings. The molecule has 0 amide bonds. The first kappa shape index (κ1) is 20.3. The minimum atomic E-state index is -0.00831. The molecule has 8 heteroatoms. The average Bonchev–Trinajstić information content (AvgIpc) is 3.48. The summed E-state index contributed by atoms with van der Waals surface area (Å²) in [5, 5.41) is 17.2. The molecule has 0 spiro atoms. The largest absolute Gasteiger partial charge is 0.425 e. The fraction of sp³-hybridized carbons (Fsp3) is 0.333. The third kappa shape index (κ3) is 4.48. The Kier molecular flexibility index (Phi) is 5.91. The highest BCUT2D eigenvalue weighted by Gasteiger charge is 2.26. The Bertz CT molecular complexity index is 1090. The molecule has 29 heavy (non-hydrogen) atoms. The summed E-state index contributed by atoms with van der Waals surface area (Å²) >= 11 is 2.25. The Labute approximate surface area is 186 Å². The van der Waals surface area contributed by atoms with Crippen LogP contribution >= 0.6 is 30.3 Å². The maximum atomic E-state index is 8.30. The lowest BCUT2D eigenvalue weighted by atomic mass is 10.1. The predicted octanol–water partition coefficient (Wildman–Crippen LogP) is 6.19. The zero-order valence-electron chi connectivity index (χ0n) is 16.3. The molecule has 2 heterocycles. The number of rotatable bonds is 6. The van der Waals surface area contributed by atoms with Gasteiger partial charge in [0, 0.05) is 77.3 Å². The Balaban J connectivity index is 1.71. The van der Waals surface area contributed by atoms with E-state index in [0.717, 1.165) is 22.2 Å². The molecule has 1 aromatic carbocycles. The van der Waals surface area contributed by atoms with Gasteiger partial charge in [0.15, 0.2) is 11.7 Å². The van der Waals surface area contributed by atoms with Gasteiger partial charge in [-0.15, -0.1) is 0 Å². The first-order chi connectivity index (χ1) is 14.0. The van der Waals surface area contributed by atoms with Gasteiger partial charge in [-0.05, 0) is 43.0 Å². The molecule has 0 unspecified atom stereocenters. The Morgan fingerprint density at radius 3 is 2.79 bits per heavy atom. The van der Waals surface area contributed by atoms with Gasteiger partial charge in [-0.25, -0.2) is 9.97 Å². The fourth-order valence-corrected chi connectivity index (χ4v) is 4.64. The summed E-state index contributed by atoms with van der Waals surface area (Å²) in [5.74, 6) is 1.70. The zero-order valence-corrected chi connectivity index (χ0v) is 19.3. The molecular weight excluding hydrogens is 497 g/mol. The second-order valence-corrected chi connectivity index (χ2v) is 9.41. The van der Waals surface area contributed by atoms with Crippen LogP contribution in [0, 0.1) is 16.7 Å². The molecule has 4 rings (SSSR count). The van der Waals surface area contributed by atoms with Crippen molar-refractivity contribution in [1.82, 2.24) is 13.9 Å². The fourth-order valence-electron chi connectivity index (χ4n) is 3.28. The lowest BCUT2D eigenvalue weighted by Crippen LogP contribution is -2.13. The molecule has 2 aromatic heterocycles. The number of hydrogen-bond donors (Lipinski definition) is 2. The molecule has 1 saturated carbocycles. The van der Waals surface area contributed by atoms with E-state index in [1.807, 2.05) is 50.5 Å². The van der Waals surface area contributed by atoms with Crippen LogP contribution in [0.1, 0.15) is 50.3 Å². The number of aromatic nitrogens is 3. The van der Waals surface area contributed by atoms with Crippen molar-refractivity contribution < 1.29 is 4.74 Å². The van der Waals surface area contributed by atoms with Crippen LogP contribution < -0.4 is 0 Å². The third-order valence-corrected chi connectivity index (χ3v) is 6.56. The van der Waals surface area contributed by atoms with Crippen molar-refractivity contribution in [2.75, 3.05) is 0 Å². The van der Waals surface area contributed by atoms with Crippen LogP contribution in [0.3, 0.4) is 0 Å². The molecule has 0 atom stereocenters. The molecule has 150 valence electrons. The molecule has 1 fully saturated rings. The Morgan fingerprint density at radius 1 is 1.31 bits per heavy atom. The van der Waals surface area contributed by atoms with Crippen molar-refractivity contribution in [3.8, 4) is 11.4 Å². The molecule has 0 bridgehead atoms. The summed E-state index contributed by atoms with van der Waals surface area (Å²) in [5.41, 5.74) is 3.72. The van der Waals surface area contributed by atoms with Crippen molar-refractivity contribution in [2.24, 2.45) is 5.92 Å². The van der Waals surface area contributed by atoms with Crippen LogP contribution in [0.25, 0.3) is 22.3 Å². The molecule has 1 aliphatic carbocycles. The maximum Gasteiger partial charge on any atom is 0.220 e. The van der Waals surface area contributed by atoms with Gasteiger partial charge in [-0.2, -0.15) is 0 Å². The van der Waals surface area contributed by atoms with Crippen molar-refractivity contribution in [3.63, 3.8) is 0 Å². The number of nitrogens with one attached hydrogen (secondary N) is 2.